The highest BCUT2D eigenvalue weighted by Gasteiger charge is 2.33. The first-order chi connectivity index (χ1) is 22.0. The Labute approximate surface area is 267 Å². The molecule has 0 bridgehead atoms. The first kappa shape index (κ1) is 35.7. The fourth-order valence-corrected chi connectivity index (χ4v) is 5.42. The van der Waals surface area contributed by atoms with Crippen molar-refractivity contribution in [3.8, 4) is 5.75 Å². The van der Waals surface area contributed by atoms with E-state index in [9.17, 15) is 23.6 Å². The van der Waals surface area contributed by atoms with E-state index in [-0.39, 0.29) is 36.0 Å². The van der Waals surface area contributed by atoms with E-state index >= 15 is 4.39 Å². The van der Waals surface area contributed by atoms with Gasteiger partial charge in [-0.15, -0.1) is 0 Å². The smallest absolute Gasteiger partial charge is 0.252 e. The molecule has 1 aliphatic heterocycles. The molecule has 1 heterocycles. The van der Waals surface area contributed by atoms with Crippen molar-refractivity contribution >= 4 is 29.6 Å². The zero-order chi connectivity index (χ0) is 33.8. The van der Waals surface area contributed by atoms with Crippen molar-refractivity contribution in [2.45, 2.75) is 71.1 Å². The summed E-state index contributed by atoms with van der Waals surface area (Å²) < 4.78 is 34.4. The predicted molar refractivity (Wildman–Crippen MR) is 168 cm³/mol. The van der Waals surface area contributed by atoms with E-state index in [0.29, 0.717) is 37.8 Å². The van der Waals surface area contributed by atoms with Crippen LogP contribution in [0.15, 0.2) is 41.4 Å². The number of amides is 4. The molecular weight excluding hydrogens is 600 g/mol. The Bertz CT molecular complexity index is 1430. The van der Waals surface area contributed by atoms with Gasteiger partial charge in [-0.05, 0) is 42.9 Å². The molecule has 12 nitrogen and oxygen atoms in total. The summed E-state index contributed by atoms with van der Waals surface area (Å²) in [5.41, 5.74) is 11.5. The molecule has 2 atom stereocenters. The van der Waals surface area contributed by atoms with Gasteiger partial charge in [0.05, 0.1) is 13.7 Å². The fraction of sp³-hybridized carbons (Fsp3) is 0.469. The highest BCUT2D eigenvalue weighted by molar-refractivity contribution is 5.99. The topological polar surface area (TPSA) is 181 Å². The van der Waals surface area contributed by atoms with Crippen LogP contribution in [-0.2, 0) is 27.5 Å². The number of nitrogens with two attached hydrogens (primary N) is 2. The minimum Gasteiger partial charge on any atom is -0.491 e. The maximum atomic E-state index is 15.3. The largest absolute Gasteiger partial charge is 0.491 e. The predicted octanol–water partition coefficient (Wildman–Crippen LogP) is 2.10. The van der Waals surface area contributed by atoms with Crippen molar-refractivity contribution in [3.63, 3.8) is 0 Å². The average molecular weight is 644 g/mol. The van der Waals surface area contributed by atoms with E-state index in [4.69, 9.17) is 16.2 Å². The number of carbonyl (C=O) groups excluding carboxylic acids is 4. The van der Waals surface area contributed by atoms with Gasteiger partial charge in [-0.3, -0.25) is 24.2 Å². The Morgan fingerprint density at radius 2 is 1.76 bits per heavy atom. The summed E-state index contributed by atoms with van der Waals surface area (Å²) in [5.74, 6) is -5.25. The summed E-state index contributed by atoms with van der Waals surface area (Å²) in [6.07, 6.45) is 2.22. The lowest BCUT2D eigenvalue weighted by Crippen LogP contribution is -2.55. The number of carbonyl (C=O) groups is 4. The average Bonchev–Trinajstić information content (AvgIpc) is 3.03. The van der Waals surface area contributed by atoms with E-state index < -0.39 is 66.2 Å². The summed E-state index contributed by atoms with van der Waals surface area (Å²) in [6.45, 7) is 3.09. The van der Waals surface area contributed by atoms with Gasteiger partial charge in [0.2, 0.25) is 17.7 Å². The maximum absolute atomic E-state index is 15.3. The third-order valence-electron chi connectivity index (χ3n) is 7.97. The van der Waals surface area contributed by atoms with Gasteiger partial charge in [0, 0.05) is 30.8 Å². The fourth-order valence-electron chi connectivity index (χ4n) is 5.42. The second-order valence-corrected chi connectivity index (χ2v) is 11.1. The van der Waals surface area contributed by atoms with Crippen LogP contribution in [0.25, 0.3) is 0 Å². The Kier molecular flexibility index (Phi) is 13.3. The molecule has 0 fully saturated rings. The standard InChI is InChI=1S/C32H43F2N7O5/c1-4-19(5-2)27-30(44)38-16-20-10-6-7-11-22(20)29(43)39-24(12-8-9-15-37-32(35)36)31(45)41(18-25(42)40-27)17-21-13-14-23(33)28(46-3)26(21)34/h6-7,10-11,13-14,19,24,27H,4-5,8-9,12,15-18H2,1-3H3,(H,38,44)(H,39,43)(H,40,42)(H4,35,36,37)/t24-,27-/m0/s1. The number of hydrogen-bond acceptors (Lipinski definition) is 6. The maximum Gasteiger partial charge on any atom is 0.252 e. The van der Waals surface area contributed by atoms with Gasteiger partial charge in [-0.2, -0.15) is 0 Å². The minimum absolute atomic E-state index is 0.0177. The second kappa shape index (κ2) is 17.1. The van der Waals surface area contributed by atoms with Crippen molar-refractivity contribution in [1.82, 2.24) is 20.9 Å². The number of hydrogen-bond donors (Lipinski definition) is 5. The molecule has 0 spiro atoms. The number of aliphatic imine (C=N–C) groups is 1. The van der Waals surface area contributed by atoms with E-state index in [0.717, 1.165) is 24.1 Å². The van der Waals surface area contributed by atoms with Crippen LogP contribution in [0.2, 0.25) is 0 Å². The Hall–Kier alpha value is -4.75. The number of rotatable bonds is 11. The SMILES string of the molecule is CCC(CC)[C@@H]1NC(=O)CN(Cc2ccc(F)c(OC)c2F)C(=O)[C@H](CCCCN=C(N)N)NC(=O)c2ccccc2CNC1=O. The highest BCUT2D eigenvalue weighted by Crippen LogP contribution is 2.26. The van der Waals surface area contributed by atoms with Crippen LogP contribution in [0.1, 0.15) is 67.4 Å². The monoisotopic (exact) mass is 643 g/mol. The summed E-state index contributed by atoms with van der Waals surface area (Å²) in [5, 5.41) is 8.39. The van der Waals surface area contributed by atoms with Crippen molar-refractivity contribution < 1.29 is 32.7 Å². The van der Waals surface area contributed by atoms with Gasteiger partial charge in [0.25, 0.3) is 5.91 Å². The zero-order valence-electron chi connectivity index (χ0n) is 26.4. The molecule has 46 heavy (non-hydrogen) atoms. The van der Waals surface area contributed by atoms with Crippen molar-refractivity contribution in [1.29, 1.82) is 0 Å². The quantitative estimate of drug-likeness (QED) is 0.141. The van der Waals surface area contributed by atoms with Crippen LogP contribution in [0.5, 0.6) is 5.75 Å². The molecule has 250 valence electrons. The number of nitrogens with zero attached hydrogens (tertiary/aromatic N) is 2. The van der Waals surface area contributed by atoms with E-state index in [1.54, 1.807) is 24.3 Å². The first-order valence-corrected chi connectivity index (χ1v) is 15.3. The molecule has 4 amide bonds. The van der Waals surface area contributed by atoms with Crippen molar-refractivity contribution in [2.24, 2.45) is 22.4 Å². The lowest BCUT2D eigenvalue weighted by atomic mass is 9.93. The molecule has 2 aromatic carbocycles. The lowest BCUT2D eigenvalue weighted by molar-refractivity contribution is -0.139. The van der Waals surface area contributed by atoms with E-state index in [1.807, 2.05) is 13.8 Å². The molecule has 0 radical (unpaired) electrons. The van der Waals surface area contributed by atoms with Crippen LogP contribution in [-0.4, -0.2) is 66.8 Å². The molecule has 0 saturated carbocycles. The number of benzene rings is 2. The van der Waals surface area contributed by atoms with Gasteiger partial charge >= 0.3 is 0 Å². The van der Waals surface area contributed by atoms with Crippen LogP contribution < -0.4 is 32.2 Å². The van der Waals surface area contributed by atoms with Crippen molar-refractivity contribution in [2.75, 3.05) is 20.2 Å². The molecule has 3 rings (SSSR count). The summed E-state index contributed by atoms with van der Waals surface area (Å²) >= 11 is 0. The Morgan fingerprint density at radius 3 is 2.43 bits per heavy atom. The number of guanidine groups is 1. The van der Waals surface area contributed by atoms with Gasteiger partial charge < -0.3 is 37.1 Å². The van der Waals surface area contributed by atoms with Gasteiger partial charge in [-0.25, -0.2) is 8.78 Å². The molecule has 2 aromatic rings. The third kappa shape index (κ3) is 9.38. The van der Waals surface area contributed by atoms with E-state index in [1.165, 1.54) is 0 Å². The van der Waals surface area contributed by atoms with E-state index in [2.05, 4.69) is 20.9 Å². The lowest BCUT2D eigenvalue weighted by Gasteiger charge is -2.31. The number of nitrogens with one attached hydrogen (secondary N) is 3. The molecule has 0 saturated heterocycles. The third-order valence-corrected chi connectivity index (χ3v) is 7.97. The first-order valence-electron chi connectivity index (χ1n) is 15.3. The summed E-state index contributed by atoms with van der Waals surface area (Å²) in [7, 11) is 1.11. The Balaban J connectivity index is 2.07. The molecule has 14 heteroatoms. The molecule has 1 aliphatic rings. The van der Waals surface area contributed by atoms with Crippen LogP contribution >= 0.6 is 0 Å². The van der Waals surface area contributed by atoms with Gasteiger partial charge in [-0.1, -0.05) is 51.0 Å². The number of fused-ring (bicyclic) bond motifs is 1. The van der Waals surface area contributed by atoms with Crippen molar-refractivity contribution in [3.05, 3.63) is 64.7 Å². The van der Waals surface area contributed by atoms with Crippen LogP contribution in [0.4, 0.5) is 8.78 Å². The number of methoxy groups -OCH3 is 1. The molecule has 0 aliphatic carbocycles. The highest BCUT2D eigenvalue weighted by atomic mass is 19.1. The minimum atomic E-state index is -1.13. The molecular formula is C32H43F2N7O5. The molecule has 0 unspecified atom stereocenters. The van der Waals surface area contributed by atoms with Crippen LogP contribution in [0.3, 0.4) is 0 Å². The summed E-state index contributed by atoms with van der Waals surface area (Å²) in [6, 6.07) is 6.75. The molecule has 7 N–H and O–H groups in total. The summed E-state index contributed by atoms with van der Waals surface area (Å²) in [4.78, 5) is 59.7. The van der Waals surface area contributed by atoms with Gasteiger partial charge in [0.1, 0.15) is 12.1 Å². The zero-order valence-corrected chi connectivity index (χ0v) is 26.4. The van der Waals surface area contributed by atoms with Crippen LogP contribution in [0, 0.1) is 17.6 Å². The number of halogens is 2. The second-order valence-electron chi connectivity index (χ2n) is 11.1. The number of unbranched alkanes of at least 4 members (excludes halogenated alkanes) is 1. The molecule has 0 aromatic heterocycles. The van der Waals surface area contributed by atoms with Gasteiger partial charge in [0.15, 0.2) is 23.3 Å². The Morgan fingerprint density at radius 1 is 1.04 bits per heavy atom. The normalized spacial score (nSPS) is 17.8. The number of ether oxygens (including phenoxy) is 1.